The summed E-state index contributed by atoms with van der Waals surface area (Å²) in [6, 6.07) is 19.3. The molecule has 1 N–H and O–H groups in total. The van der Waals surface area contributed by atoms with E-state index in [0.29, 0.717) is 12.6 Å². The summed E-state index contributed by atoms with van der Waals surface area (Å²) in [6.07, 6.45) is 1.97. The third-order valence-electron chi connectivity index (χ3n) is 5.30. The Hall–Kier alpha value is -2.16. The van der Waals surface area contributed by atoms with Crippen LogP contribution >= 0.6 is 11.3 Å². The first-order chi connectivity index (χ1) is 14.3. The molecule has 1 fully saturated rings. The summed E-state index contributed by atoms with van der Waals surface area (Å²) in [5, 5.41) is 4.68. The fraction of sp³-hybridized carbons (Fsp3) is 0.360. The Morgan fingerprint density at radius 3 is 2.69 bits per heavy atom. The van der Waals surface area contributed by atoms with Crippen LogP contribution in [0.3, 0.4) is 0 Å². The topological polar surface area (TPSA) is 30.5 Å². The highest BCUT2D eigenvalue weighted by Gasteiger charge is 2.27. The lowest BCUT2D eigenvalue weighted by molar-refractivity contribution is -0.190. The van der Waals surface area contributed by atoms with E-state index in [0.717, 1.165) is 24.9 Å². The molecule has 150 valence electrons. The molecular formula is C25H27NO2S. The van der Waals surface area contributed by atoms with Gasteiger partial charge in [-0.25, -0.2) is 0 Å². The standard InChI is InChI=1S/C25H27NO2S/c1-3-26-22-15-16-24(28-18(22)2)27-17-9-13-21-20-12-7-8-14-23(20)29-25(21)19-10-5-4-6-11-19/h4-8,10-12,14,18,22,24,26H,3,15-17H2,1-2H3/t18-,22-,24+/m0/s1. The van der Waals surface area contributed by atoms with Gasteiger partial charge >= 0.3 is 0 Å². The van der Waals surface area contributed by atoms with Gasteiger partial charge in [0.05, 0.1) is 16.5 Å². The van der Waals surface area contributed by atoms with E-state index >= 15 is 0 Å². The molecule has 1 aliphatic heterocycles. The zero-order valence-electron chi connectivity index (χ0n) is 17.0. The third-order valence-corrected chi connectivity index (χ3v) is 6.52. The molecule has 0 radical (unpaired) electrons. The van der Waals surface area contributed by atoms with Gasteiger partial charge in [0.1, 0.15) is 6.61 Å². The smallest absolute Gasteiger partial charge is 0.159 e. The second-order valence-corrected chi connectivity index (χ2v) is 8.35. The van der Waals surface area contributed by atoms with Crippen molar-refractivity contribution in [1.29, 1.82) is 0 Å². The highest BCUT2D eigenvalue weighted by atomic mass is 32.1. The van der Waals surface area contributed by atoms with E-state index in [1.54, 1.807) is 11.3 Å². The maximum atomic E-state index is 6.00. The van der Waals surface area contributed by atoms with Gasteiger partial charge in [-0.05, 0) is 31.5 Å². The molecule has 3 nitrogen and oxygen atoms in total. The average Bonchev–Trinajstić information content (AvgIpc) is 3.12. The number of rotatable bonds is 5. The normalized spacial score (nSPS) is 21.7. The number of benzene rings is 2. The number of thiophene rings is 1. The first-order valence-electron chi connectivity index (χ1n) is 10.3. The molecule has 0 spiro atoms. The number of likely N-dealkylation sites (N-methyl/N-ethyl adjacent to an activating group) is 1. The zero-order valence-corrected chi connectivity index (χ0v) is 17.8. The van der Waals surface area contributed by atoms with Crippen LogP contribution in [0, 0.1) is 11.8 Å². The zero-order chi connectivity index (χ0) is 20.1. The Labute approximate surface area is 177 Å². The van der Waals surface area contributed by atoms with Crippen LogP contribution in [0.15, 0.2) is 54.6 Å². The van der Waals surface area contributed by atoms with Gasteiger partial charge in [-0.3, -0.25) is 0 Å². The first kappa shape index (κ1) is 20.1. The summed E-state index contributed by atoms with van der Waals surface area (Å²) < 4.78 is 13.2. The maximum absolute atomic E-state index is 6.00. The van der Waals surface area contributed by atoms with Crippen LogP contribution in [-0.4, -0.2) is 31.6 Å². The van der Waals surface area contributed by atoms with E-state index < -0.39 is 0 Å². The molecule has 1 aromatic heterocycles. The summed E-state index contributed by atoms with van der Waals surface area (Å²) in [5.74, 6) is 6.61. The lowest BCUT2D eigenvalue weighted by Crippen LogP contribution is -2.46. The van der Waals surface area contributed by atoms with Gasteiger partial charge in [0.2, 0.25) is 0 Å². The minimum atomic E-state index is -0.165. The van der Waals surface area contributed by atoms with Gasteiger partial charge in [-0.2, -0.15) is 0 Å². The average molecular weight is 406 g/mol. The highest BCUT2D eigenvalue weighted by molar-refractivity contribution is 7.22. The molecule has 1 saturated heterocycles. The molecule has 0 unspecified atom stereocenters. The molecule has 1 aliphatic rings. The summed E-state index contributed by atoms with van der Waals surface area (Å²) in [5.41, 5.74) is 2.29. The van der Waals surface area contributed by atoms with Crippen LogP contribution in [-0.2, 0) is 9.47 Å². The van der Waals surface area contributed by atoms with Gasteiger partial charge < -0.3 is 14.8 Å². The lowest BCUT2D eigenvalue weighted by Gasteiger charge is -2.34. The quantitative estimate of drug-likeness (QED) is 0.574. The van der Waals surface area contributed by atoms with E-state index in [-0.39, 0.29) is 12.4 Å². The number of hydrogen-bond donors (Lipinski definition) is 1. The van der Waals surface area contributed by atoms with Crippen molar-refractivity contribution in [1.82, 2.24) is 5.32 Å². The molecule has 0 saturated carbocycles. The maximum Gasteiger partial charge on any atom is 0.159 e. The van der Waals surface area contributed by atoms with E-state index in [2.05, 4.69) is 79.5 Å². The van der Waals surface area contributed by atoms with Crippen molar-refractivity contribution in [3.8, 4) is 22.3 Å². The van der Waals surface area contributed by atoms with Gasteiger partial charge in [0.15, 0.2) is 6.29 Å². The summed E-state index contributed by atoms with van der Waals surface area (Å²) in [6.45, 7) is 5.58. The molecular weight excluding hydrogens is 378 g/mol. The summed E-state index contributed by atoms with van der Waals surface area (Å²) in [4.78, 5) is 1.22. The van der Waals surface area contributed by atoms with Crippen molar-refractivity contribution in [2.24, 2.45) is 0 Å². The first-order valence-corrected chi connectivity index (χ1v) is 11.1. The minimum Gasteiger partial charge on any atom is -0.348 e. The Kier molecular flexibility index (Phi) is 6.63. The fourth-order valence-electron chi connectivity index (χ4n) is 3.83. The Bertz CT molecular complexity index is 1000. The summed E-state index contributed by atoms with van der Waals surface area (Å²) >= 11 is 1.79. The highest BCUT2D eigenvalue weighted by Crippen LogP contribution is 2.37. The van der Waals surface area contributed by atoms with E-state index in [1.807, 2.05) is 6.07 Å². The number of ether oxygens (including phenoxy) is 2. The molecule has 0 aliphatic carbocycles. The van der Waals surface area contributed by atoms with E-state index in [1.165, 1.54) is 20.5 Å². The fourth-order valence-corrected chi connectivity index (χ4v) is 4.99. The molecule has 2 aromatic carbocycles. The van der Waals surface area contributed by atoms with Crippen LogP contribution in [0.1, 0.15) is 32.3 Å². The number of nitrogens with one attached hydrogen (secondary N) is 1. The van der Waals surface area contributed by atoms with Crippen molar-refractivity contribution in [2.75, 3.05) is 13.2 Å². The molecule has 2 heterocycles. The minimum absolute atomic E-state index is 0.159. The predicted octanol–water partition coefficient (Wildman–Crippen LogP) is 5.44. The van der Waals surface area contributed by atoms with Crippen molar-refractivity contribution in [3.05, 3.63) is 60.2 Å². The van der Waals surface area contributed by atoms with Gasteiger partial charge in [0.25, 0.3) is 0 Å². The molecule has 4 rings (SSSR count). The largest absolute Gasteiger partial charge is 0.348 e. The molecule has 0 amide bonds. The number of fused-ring (bicyclic) bond motifs is 1. The second-order valence-electron chi connectivity index (χ2n) is 7.29. The Morgan fingerprint density at radius 2 is 1.90 bits per heavy atom. The molecule has 29 heavy (non-hydrogen) atoms. The van der Waals surface area contributed by atoms with Crippen LogP contribution in [0.4, 0.5) is 0 Å². The van der Waals surface area contributed by atoms with Gasteiger partial charge in [-0.15, -0.1) is 11.3 Å². The lowest BCUT2D eigenvalue weighted by atomic mass is 10.0. The Morgan fingerprint density at radius 1 is 1.10 bits per heavy atom. The van der Waals surface area contributed by atoms with Crippen LogP contribution < -0.4 is 5.32 Å². The SMILES string of the molecule is CCN[C@H]1CC[C@H](OCC#Cc2c(-c3ccccc3)sc3ccccc23)O[C@H]1C. The van der Waals surface area contributed by atoms with Crippen molar-refractivity contribution in [2.45, 2.75) is 45.1 Å². The number of hydrogen-bond acceptors (Lipinski definition) is 4. The third kappa shape index (κ3) is 4.71. The molecule has 3 aromatic rings. The van der Waals surface area contributed by atoms with E-state index in [9.17, 15) is 0 Å². The Balaban J connectivity index is 1.47. The van der Waals surface area contributed by atoms with Crippen LogP contribution in [0.25, 0.3) is 20.5 Å². The molecule has 0 bridgehead atoms. The molecule has 4 heteroatoms. The van der Waals surface area contributed by atoms with E-state index in [4.69, 9.17) is 9.47 Å². The van der Waals surface area contributed by atoms with Crippen molar-refractivity contribution in [3.63, 3.8) is 0 Å². The second kappa shape index (κ2) is 9.56. The predicted molar refractivity (Wildman–Crippen MR) is 121 cm³/mol. The summed E-state index contributed by atoms with van der Waals surface area (Å²) in [7, 11) is 0. The van der Waals surface area contributed by atoms with Crippen LogP contribution in [0.5, 0.6) is 0 Å². The van der Waals surface area contributed by atoms with Gasteiger partial charge in [-0.1, -0.05) is 67.3 Å². The monoisotopic (exact) mass is 405 g/mol. The molecule has 3 atom stereocenters. The van der Waals surface area contributed by atoms with Crippen LogP contribution in [0.2, 0.25) is 0 Å². The van der Waals surface area contributed by atoms with Crippen molar-refractivity contribution >= 4 is 21.4 Å². The van der Waals surface area contributed by atoms with Gasteiger partial charge in [0, 0.05) is 22.5 Å². The van der Waals surface area contributed by atoms with Crippen molar-refractivity contribution < 1.29 is 9.47 Å².